The molecule has 2 aromatic rings. The zero-order chi connectivity index (χ0) is 14.5. The van der Waals surface area contributed by atoms with E-state index in [1.54, 1.807) is 0 Å². The molecule has 0 aliphatic heterocycles. The monoisotopic (exact) mass is 283 g/mol. The lowest BCUT2D eigenvalue weighted by molar-refractivity contribution is 0.666. The number of benzene rings is 1. The highest BCUT2D eigenvalue weighted by Crippen LogP contribution is 2.30. The van der Waals surface area contributed by atoms with Gasteiger partial charge in [-0.15, -0.1) is 0 Å². The number of hydrogen-bond acceptors (Lipinski definition) is 1. The summed E-state index contributed by atoms with van der Waals surface area (Å²) in [6.45, 7) is 9.25. The van der Waals surface area contributed by atoms with Crippen molar-refractivity contribution in [2.75, 3.05) is 0 Å². The fourth-order valence-corrected chi connectivity index (χ4v) is 3.51. The Morgan fingerprint density at radius 3 is 2.45 bits per heavy atom. The zero-order valence-corrected chi connectivity index (χ0v) is 14.2. The van der Waals surface area contributed by atoms with Crippen LogP contribution in [-0.4, -0.2) is 13.8 Å². The molecule has 1 aromatic heterocycles. The van der Waals surface area contributed by atoms with Gasteiger partial charge in [-0.25, -0.2) is 0 Å². The van der Waals surface area contributed by atoms with Crippen LogP contribution >= 0.6 is 0 Å². The van der Waals surface area contributed by atoms with E-state index in [4.69, 9.17) is 4.98 Å². The molecule has 20 heavy (non-hydrogen) atoms. The Morgan fingerprint density at radius 2 is 1.85 bits per heavy atom. The first-order valence-electron chi connectivity index (χ1n) is 7.68. The third-order valence-electron chi connectivity index (χ3n) is 3.94. The molecule has 1 unspecified atom stereocenters. The number of nitrogens with zero attached hydrogens (tertiary/aromatic N) is 1. The predicted octanol–water partition coefficient (Wildman–Crippen LogP) is 4.35. The first-order valence-corrected chi connectivity index (χ1v) is 10.6. The van der Waals surface area contributed by atoms with Gasteiger partial charge < -0.3 is 0 Å². The van der Waals surface area contributed by atoms with Gasteiger partial charge in [-0.05, 0) is 29.2 Å². The summed E-state index contributed by atoms with van der Waals surface area (Å²) in [5, 5.41) is 1.44. The summed E-state index contributed by atoms with van der Waals surface area (Å²) in [4.78, 5) is 4.71. The van der Waals surface area contributed by atoms with E-state index in [0.717, 1.165) is 5.69 Å². The third kappa shape index (κ3) is 3.37. The van der Waals surface area contributed by atoms with E-state index < -0.39 is 8.80 Å². The van der Waals surface area contributed by atoms with Gasteiger partial charge in [0.15, 0.2) is 0 Å². The lowest BCUT2D eigenvalue weighted by Crippen LogP contribution is -2.22. The summed E-state index contributed by atoms with van der Waals surface area (Å²) in [5.41, 5.74) is 3.84. The summed E-state index contributed by atoms with van der Waals surface area (Å²) in [6.07, 6.45) is 4.53. The van der Waals surface area contributed by atoms with Gasteiger partial charge in [0.2, 0.25) is 0 Å². The van der Waals surface area contributed by atoms with Gasteiger partial charge in [0, 0.05) is 11.8 Å². The number of aromatic nitrogens is 1. The fourth-order valence-electron chi connectivity index (χ4n) is 2.65. The van der Waals surface area contributed by atoms with E-state index in [-0.39, 0.29) is 0 Å². The number of pyridine rings is 1. The predicted molar refractivity (Wildman–Crippen MR) is 91.5 cm³/mol. The number of hydrogen-bond donors (Lipinski definition) is 0. The van der Waals surface area contributed by atoms with Crippen molar-refractivity contribution < 1.29 is 0 Å². The van der Waals surface area contributed by atoms with Crippen LogP contribution in [0.1, 0.15) is 38.2 Å². The molecular weight excluding hydrogens is 258 g/mol. The Bertz CT molecular complexity index is 546. The topological polar surface area (TPSA) is 12.9 Å². The Hall–Kier alpha value is -1.41. The molecule has 0 bridgehead atoms. The van der Waals surface area contributed by atoms with E-state index in [9.17, 15) is 0 Å². The van der Waals surface area contributed by atoms with Crippen LogP contribution in [0.15, 0.2) is 42.6 Å². The van der Waals surface area contributed by atoms with Crippen molar-refractivity contribution in [3.05, 3.63) is 48.2 Å². The van der Waals surface area contributed by atoms with E-state index >= 15 is 0 Å². The van der Waals surface area contributed by atoms with Crippen molar-refractivity contribution in [3.8, 4) is 11.3 Å². The van der Waals surface area contributed by atoms with Crippen molar-refractivity contribution >= 4 is 14.0 Å². The molecule has 106 valence electrons. The Labute approximate surface area is 124 Å². The van der Waals surface area contributed by atoms with Gasteiger partial charge in [-0.2, -0.15) is 0 Å². The largest absolute Gasteiger partial charge is 0.256 e. The Kier molecular flexibility index (Phi) is 5.13. The van der Waals surface area contributed by atoms with Gasteiger partial charge in [0.1, 0.15) is 0 Å². The second-order valence-electron chi connectivity index (χ2n) is 5.91. The molecule has 0 saturated carbocycles. The molecule has 0 aliphatic carbocycles. The van der Waals surface area contributed by atoms with Crippen LogP contribution in [0.25, 0.3) is 11.3 Å². The van der Waals surface area contributed by atoms with Gasteiger partial charge in [0.05, 0.1) is 14.5 Å². The summed E-state index contributed by atoms with van der Waals surface area (Å²) in [7, 11) is -0.749. The fraction of sp³-hybridized carbons (Fsp3) is 0.389. The van der Waals surface area contributed by atoms with Crippen molar-refractivity contribution in [2.24, 2.45) is 0 Å². The first-order chi connectivity index (χ1) is 9.63. The van der Waals surface area contributed by atoms with E-state index in [1.165, 1.54) is 29.2 Å². The highest BCUT2D eigenvalue weighted by Gasteiger charge is 2.12. The van der Waals surface area contributed by atoms with Gasteiger partial charge in [-0.3, -0.25) is 4.98 Å². The van der Waals surface area contributed by atoms with Crippen LogP contribution in [0.4, 0.5) is 0 Å². The number of rotatable bonds is 5. The minimum absolute atomic E-state index is 0.595. The van der Waals surface area contributed by atoms with E-state index in [0.29, 0.717) is 5.92 Å². The van der Waals surface area contributed by atoms with Crippen molar-refractivity contribution in [2.45, 2.75) is 45.7 Å². The van der Waals surface area contributed by atoms with Crippen LogP contribution in [0, 0.1) is 0 Å². The quantitative estimate of drug-likeness (QED) is 0.744. The summed E-state index contributed by atoms with van der Waals surface area (Å²) in [6, 6.07) is 13.2. The van der Waals surface area contributed by atoms with Crippen LogP contribution in [-0.2, 0) is 0 Å². The summed E-state index contributed by atoms with van der Waals surface area (Å²) in [5.74, 6) is 0.595. The molecule has 1 heterocycles. The normalized spacial score (nSPS) is 12.7. The lowest BCUT2D eigenvalue weighted by Gasteiger charge is -2.16. The van der Waals surface area contributed by atoms with Crippen molar-refractivity contribution in [1.29, 1.82) is 0 Å². The molecule has 2 heteroatoms. The molecule has 0 spiro atoms. The third-order valence-corrected chi connectivity index (χ3v) is 5.62. The maximum Gasteiger partial charge on any atom is 0.0704 e. The second-order valence-corrected chi connectivity index (χ2v) is 8.88. The van der Waals surface area contributed by atoms with Gasteiger partial charge in [0.25, 0.3) is 0 Å². The Morgan fingerprint density at radius 1 is 1.10 bits per heavy atom. The standard InChI is InChI=1S/C18H25NSi/c1-5-8-14(2)16-9-6-7-10-17(16)18-12-11-15(13-19-18)20(3)4/h6-7,9-14,20H,5,8H2,1-4H3. The maximum absolute atomic E-state index is 4.71. The SMILES string of the molecule is CCCC(C)c1ccccc1-c1ccc([SiH](C)C)cn1. The maximum atomic E-state index is 4.71. The average molecular weight is 283 g/mol. The summed E-state index contributed by atoms with van der Waals surface area (Å²) < 4.78 is 0. The highest BCUT2D eigenvalue weighted by atomic mass is 28.3. The first kappa shape index (κ1) is 15.0. The minimum Gasteiger partial charge on any atom is -0.256 e. The molecule has 0 amide bonds. The molecule has 0 radical (unpaired) electrons. The highest BCUT2D eigenvalue weighted by molar-refractivity contribution is 6.70. The molecular formula is C18H25NSi. The molecule has 0 saturated heterocycles. The van der Waals surface area contributed by atoms with Gasteiger partial charge >= 0.3 is 0 Å². The van der Waals surface area contributed by atoms with Crippen LogP contribution in [0.3, 0.4) is 0 Å². The Balaban J connectivity index is 2.37. The lowest BCUT2D eigenvalue weighted by atomic mass is 9.91. The molecule has 0 N–H and O–H groups in total. The van der Waals surface area contributed by atoms with Crippen molar-refractivity contribution in [3.63, 3.8) is 0 Å². The molecule has 0 aliphatic rings. The van der Waals surface area contributed by atoms with Crippen LogP contribution in [0.5, 0.6) is 0 Å². The smallest absolute Gasteiger partial charge is 0.0704 e. The molecule has 2 rings (SSSR count). The van der Waals surface area contributed by atoms with Crippen LogP contribution < -0.4 is 5.19 Å². The molecule has 1 aromatic carbocycles. The zero-order valence-electron chi connectivity index (χ0n) is 13.1. The minimum atomic E-state index is -0.749. The van der Waals surface area contributed by atoms with Crippen molar-refractivity contribution in [1.82, 2.24) is 4.98 Å². The molecule has 0 fully saturated rings. The van der Waals surface area contributed by atoms with Crippen LogP contribution in [0.2, 0.25) is 13.1 Å². The second kappa shape index (κ2) is 6.85. The summed E-state index contributed by atoms with van der Waals surface area (Å²) >= 11 is 0. The molecule has 1 atom stereocenters. The molecule has 1 nitrogen and oxygen atoms in total. The van der Waals surface area contributed by atoms with E-state index in [2.05, 4.69) is 69.5 Å². The van der Waals surface area contributed by atoms with E-state index in [1.807, 2.05) is 0 Å². The average Bonchev–Trinajstić information content (AvgIpc) is 2.47. The van der Waals surface area contributed by atoms with Gasteiger partial charge in [-0.1, -0.05) is 63.7 Å².